The van der Waals surface area contributed by atoms with E-state index in [1.807, 2.05) is 19.9 Å². The third-order valence-corrected chi connectivity index (χ3v) is 4.03. The van der Waals surface area contributed by atoms with E-state index in [-0.39, 0.29) is 30.1 Å². The first-order valence-electron chi connectivity index (χ1n) is 6.57. The number of imide groups is 1. The van der Waals surface area contributed by atoms with Gasteiger partial charge < -0.3 is 4.74 Å². The van der Waals surface area contributed by atoms with Gasteiger partial charge in [-0.15, -0.1) is 0 Å². The Hall–Kier alpha value is -1.65. The van der Waals surface area contributed by atoms with Gasteiger partial charge in [0.15, 0.2) is 0 Å². The smallest absolute Gasteiger partial charge is 0.306 e. The summed E-state index contributed by atoms with van der Waals surface area (Å²) >= 11 is 0. The van der Waals surface area contributed by atoms with E-state index < -0.39 is 17.9 Å². The molecule has 19 heavy (non-hydrogen) atoms. The fourth-order valence-corrected chi connectivity index (χ4v) is 3.02. The number of hydrogen-bond donors (Lipinski definition) is 0. The third kappa shape index (κ3) is 2.07. The van der Waals surface area contributed by atoms with E-state index in [9.17, 15) is 14.4 Å². The second kappa shape index (κ2) is 4.79. The zero-order valence-electron chi connectivity index (χ0n) is 11.7. The van der Waals surface area contributed by atoms with Crippen LogP contribution in [0.25, 0.3) is 0 Å². The molecule has 0 radical (unpaired) electrons. The first kappa shape index (κ1) is 13.8. The van der Waals surface area contributed by atoms with E-state index in [1.54, 1.807) is 6.92 Å². The zero-order valence-corrected chi connectivity index (χ0v) is 11.7. The molecule has 1 aliphatic carbocycles. The predicted molar refractivity (Wildman–Crippen MR) is 67.8 cm³/mol. The first-order chi connectivity index (χ1) is 8.88. The highest BCUT2D eigenvalue weighted by molar-refractivity contribution is 6.05. The molecule has 1 aliphatic heterocycles. The van der Waals surface area contributed by atoms with Gasteiger partial charge in [-0.1, -0.05) is 19.9 Å². The van der Waals surface area contributed by atoms with Gasteiger partial charge in [0.05, 0.1) is 11.8 Å². The van der Waals surface area contributed by atoms with Crippen molar-refractivity contribution in [2.45, 2.75) is 33.3 Å². The van der Waals surface area contributed by atoms with Crippen molar-refractivity contribution < 1.29 is 19.1 Å². The monoisotopic (exact) mass is 265 g/mol. The zero-order chi connectivity index (χ0) is 14.3. The third-order valence-electron chi connectivity index (χ3n) is 4.03. The fourth-order valence-electron chi connectivity index (χ4n) is 3.02. The van der Waals surface area contributed by atoms with Crippen molar-refractivity contribution in [2.75, 3.05) is 7.05 Å². The number of fused-ring (bicyclic) bond motifs is 1. The maximum absolute atomic E-state index is 12.2. The van der Waals surface area contributed by atoms with Crippen LogP contribution in [-0.2, 0) is 19.1 Å². The minimum Gasteiger partial charge on any atom is -0.457 e. The molecule has 1 heterocycles. The van der Waals surface area contributed by atoms with Gasteiger partial charge in [-0.25, -0.2) is 0 Å². The van der Waals surface area contributed by atoms with Crippen LogP contribution in [0.15, 0.2) is 11.6 Å². The minimum atomic E-state index is -0.602. The Morgan fingerprint density at radius 2 is 1.89 bits per heavy atom. The van der Waals surface area contributed by atoms with Crippen LogP contribution in [0.4, 0.5) is 0 Å². The van der Waals surface area contributed by atoms with Crippen molar-refractivity contribution >= 4 is 17.8 Å². The van der Waals surface area contributed by atoms with Crippen LogP contribution in [0.2, 0.25) is 0 Å². The standard InChI is InChI=1S/C14H19NO4/c1-5-9(16)19-12-8(3)6-7(2)10-11(12)14(18)15(4)13(10)17/h6-7,10-12H,5H2,1-4H3/t7-,10-,11-,12+/m0/s1. The van der Waals surface area contributed by atoms with Gasteiger partial charge in [0.1, 0.15) is 6.10 Å². The first-order valence-corrected chi connectivity index (χ1v) is 6.57. The molecule has 2 aliphatic rings. The number of esters is 1. The fraction of sp³-hybridized carbons (Fsp3) is 0.643. The topological polar surface area (TPSA) is 63.7 Å². The van der Waals surface area contributed by atoms with E-state index in [0.717, 1.165) is 10.5 Å². The Kier molecular flexibility index (Phi) is 3.47. The molecule has 5 heteroatoms. The molecule has 2 rings (SSSR count). The van der Waals surface area contributed by atoms with E-state index >= 15 is 0 Å². The molecular weight excluding hydrogens is 246 g/mol. The molecule has 0 N–H and O–H groups in total. The Labute approximate surface area is 112 Å². The molecule has 5 nitrogen and oxygen atoms in total. The van der Waals surface area contributed by atoms with Crippen LogP contribution in [0.3, 0.4) is 0 Å². The van der Waals surface area contributed by atoms with Gasteiger partial charge in [0, 0.05) is 13.5 Å². The molecule has 0 spiro atoms. The normalized spacial score (nSPS) is 34.1. The summed E-state index contributed by atoms with van der Waals surface area (Å²) in [6.45, 7) is 5.47. The lowest BCUT2D eigenvalue weighted by Crippen LogP contribution is -2.41. The van der Waals surface area contributed by atoms with Crippen LogP contribution < -0.4 is 0 Å². The molecule has 0 saturated carbocycles. The van der Waals surface area contributed by atoms with E-state index in [1.165, 1.54) is 7.05 Å². The predicted octanol–water partition coefficient (Wildman–Crippen LogP) is 1.14. The van der Waals surface area contributed by atoms with Crippen molar-refractivity contribution in [2.24, 2.45) is 17.8 Å². The summed E-state index contributed by atoms with van der Waals surface area (Å²) in [5.41, 5.74) is 0.854. The largest absolute Gasteiger partial charge is 0.457 e. The van der Waals surface area contributed by atoms with Crippen LogP contribution in [0.5, 0.6) is 0 Å². The van der Waals surface area contributed by atoms with Crippen molar-refractivity contribution in [3.8, 4) is 0 Å². The maximum atomic E-state index is 12.2. The summed E-state index contributed by atoms with van der Waals surface area (Å²) in [7, 11) is 1.49. The lowest BCUT2D eigenvalue weighted by molar-refractivity contribution is -0.153. The average molecular weight is 265 g/mol. The van der Waals surface area contributed by atoms with Gasteiger partial charge in [-0.2, -0.15) is 0 Å². The Bertz CT molecular complexity index is 468. The molecule has 0 aromatic carbocycles. The summed E-state index contributed by atoms with van der Waals surface area (Å²) in [5.74, 6) is -1.75. The number of nitrogens with zero attached hydrogens (tertiary/aromatic N) is 1. The highest BCUT2D eigenvalue weighted by Gasteiger charge is 2.54. The molecule has 104 valence electrons. The lowest BCUT2D eigenvalue weighted by atomic mass is 9.73. The van der Waals surface area contributed by atoms with Crippen LogP contribution in [-0.4, -0.2) is 35.8 Å². The van der Waals surface area contributed by atoms with Gasteiger partial charge in [0.2, 0.25) is 11.8 Å². The number of allylic oxidation sites excluding steroid dienone is 1. The molecule has 0 bridgehead atoms. The Balaban J connectivity index is 2.37. The number of carbonyl (C=O) groups is 3. The van der Waals surface area contributed by atoms with Crippen molar-refractivity contribution in [3.63, 3.8) is 0 Å². The molecule has 4 atom stereocenters. The van der Waals surface area contributed by atoms with E-state index in [4.69, 9.17) is 4.74 Å². The highest BCUT2D eigenvalue weighted by atomic mass is 16.5. The number of amides is 2. The van der Waals surface area contributed by atoms with Gasteiger partial charge >= 0.3 is 5.97 Å². The number of ether oxygens (including phenoxy) is 1. The van der Waals surface area contributed by atoms with Gasteiger partial charge in [-0.05, 0) is 18.4 Å². The van der Waals surface area contributed by atoms with Crippen LogP contribution in [0.1, 0.15) is 27.2 Å². The number of rotatable bonds is 2. The molecule has 0 aromatic rings. The van der Waals surface area contributed by atoms with Gasteiger partial charge in [0.25, 0.3) is 0 Å². The molecule has 2 amide bonds. The number of hydrogen-bond acceptors (Lipinski definition) is 4. The molecule has 1 saturated heterocycles. The summed E-state index contributed by atoms with van der Waals surface area (Å²) in [5, 5.41) is 0. The molecular formula is C14H19NO4. The lowest BCUT2D eigenvalue weighted by Gasteiger charge is -2.33. The molecule has 1 fully saturated rings. The van der Waals surface area contributed by atoms with Crippen LogP contribution >= 0.6 is 0 Å². The summed E-state index contributed by atoms with van der Waals surface area (Å²) in [6.07, 6.45) is 1.59. The van der Waals surface area contributed by atoms with E-state index in [0.29, 0.717) is 0 Å². The quantitative estimate of drug-likeness (QED) is 0.426. The molecule has 0 unspecified atom stereocenters. The van der Waals surface area contributed by atoms with E-state index in [2.05, 4.69) is 0 Å². The second-order valence-corrected chi connectivity index (χ2v) is 5.32. The second-order valence-electron chi connectivity index (χ2n) is 5.32. The SMILES string of the molecule is CCC(=O)O[C@@H]1C(C)=C[C@H](C)[C@@H]2C(=O)N(C)C(=O)[C@@H]21. The Morgan fingerprint density at radius 3 is 2.47 bits per heavy atom. The minimum absolute atomic E-state index is 0.0111. The van der Waals surface area contributed by atoms with Gasteiger partial charge in [-0.3, -0.25) is 19.3 Å². The van der Waals surface area contributed by atoms with Crippen LogP contribution in [0, 0.1) is 17.8 Å². The van der Waals surface area contributed by atoms with Crippen molar-refractivity contribution in [1.82, 2.24) is 4.90 Å². The van der Waals surface area contributed by atoms with Crippen molar-refractivity contribution in [1.29, 1.82) is 0 Å². The number of likely N-dealkylation sites (tertiary alicyclic amines) is 1. The summed E-state index contributed by atoms with van der Waals surface area (Å²) < 4.78 is 5.38. The maximum Gasteiger partial charge on any atom is 0.306 e. The van der Waals surface area contributed by atoms with Crippen molar-refractivity contribution in [3.05, 3.63) is 11.6 Å². The highest BCUT2D eigenvalue weighted by Crippen LogP contribution is 2.41. The summed E-state index contributed by atoms with van der Waals surface area (Å²) in [4.78, 5) is 37.0. The average Bonchev–Trinajstić information content (AvgIpc) is 2.59. The number of carbonyl (C=O) groups excluding carboxylic acids is 3. The summed E-state index contributed by atoms with van der Waals surface area (Å²) in [6, 6.07) is 0. The molecule has 0 aromatic heterocycles. The Morgan fingerprint density at radius 1 is 1.32 bits per heavy atom.